The van der Waals surface area contributed by atoms with Crippen molar-refractivity contribution in [2.24, 2.45) is 7.05 Å². The van der Waals surface area contributed by atoms with E-state index in [1.165, 1.54) is 17.6 Å². The Hall–Kier alpha value is -1.76. The first-order valence-electron chi connectivity index (χ1n) is 5.78. The first-order valence-corrected chi connectivity index (χ1v) is 5.78. The Morgan fingerprint density at radius 1 is 1.41 bits per heavy atom. The third-order valence-corrected chi connectivity index (χ3v) is 2.70. The predicted molar refractivity (Wildman–Crippen MR) is 60.0 cm³/mol. The summed E-state index contributed by atoms with van der Waals surface area (Å²) in [7, 11) is 1.75. The number of aromatic nitrogens is 6. The molecule has 1 fully saturated rings. The van der Waals surface area contributed by atoms with Crippen molar-refractivity contribution in [2.45, 2.75) is 32.0 Å². The second-order valence-electron chi connectivity index (χ2n) is 4.35. The molecule has 1 N–H and O–H groups in total. The van der Waals surface area contributed by atoms with Crippen LogP contribution in [0.4, 0.5) is 0 Å². The molecule has 7 heteroatoms. The molecule has 2 heterocycles. The summed E-state index contributed by atoms with van der Waals surface area (Å²) in [5, 5.41) is 19.7. The lowest BCUT2D eigenvalue weighted by molar-refractivity contribution is 0.606. The van der Waals surface area contributed by atoms with E-state index in [1.54, 1.807) is 7.05 Å². The van der Waals surface area contributed by atoms with Gasteiger partial charge in [0.25, 0.3) is 0 Å². The number of hydrogen-bond acceptors (Lipinski definition) is 5. The summed E-state index contributed by atoms with van der Waals surface area (Å²) in [6.07, 6.45) is 4.54. The predicted octanol–water partition coefficient (Wildman–Crippen LogP) is -0.293. The first kappa shape index (κ1) is 10.4. The summed E-state index contributed by atoms with van der Waals surface area (Å²) < 4.78 is 1.83. The number of nitrogens with one attached hydrogen (secondary N) is 1. The highest BCUT2D eigenvalue weighted by Crippen LogP contribution is 2.18. The Kier molecular flexibility index (Phi) is 2.60. The molecule has 7 nitrogen and oxygen atoms in total. The first-order chi connectivity index (χ1) is 8.29. The third-order valence-electron chi connectivity index (χ3n) is 2.70. The SMILES string of the molecule is Cn1nnc(Cn2ccc(CNC3CC3)n2)n1. The summed E-state index contributed by atoms with van der Waals surface area (Å²) >= 11 is 0. The number of rotatable bonds is 5. The van der Waals surface area contributed by atoms with E-state index in [2.05, 4.69) is 25.8 Å². The summed E-state index contributed by atoms with van der Waals surface area (Å²) in [6, 6.07) is 2.73. The van der Waals surface area contributed by atoms with Crippen molar-refractivity contribution in [3.63, 3.8) is 0 Å². The van der Waals surface area contributed by atoms with Crippen LogP contribution in [-0.4, -0.2) is 36.0 Å². The monoisotopic (exact) mass is 233 g/mol. The van der Waals surface area contributed by atoms with Gasteiger partial charge in [-0.3, -0.25) is 4.68 Å². The minimum Gasteiger partial charge on any atom is -0.308 e. The summed E-state index contributed by atoms with van der Waals surface area (Å²) in [5.41, 5.74) is 1.06. The van der Waals surface area contributed by atoms with Crippen LogP contribution < -0.4 is 5.32 Å². The molecule has 0 saturated heterocycles. The molecule has 17 heavy (non-hydrogen) atoms. The molecule has 0 atom stereocenters. The highest BCUT2D eigenvalue weighted by Gasteiger charge is 2.20. The Morgan fingerprint density at radius 3 is 3.00 bits per heavy atom. The molecule has 1 saturated carbocycles. The molecule has 0 bridgehead atoms. The molecule has 0 aliphatic heterocycles. The van der Waals surface area contributed by atoms with E-state index in [9.17, 15) is 0 Å². The summed E-state index contributed by atoms with van der Waals surface area (Å²) in [6.45, 7) is 1.41. The van der Waals surface area contributed by atoms with Crippen LogP contribution in [0, 0.1) is 0 Å². The summed E-state index contributed by atoms with van der Waals surface area (Å²) in [5.74, 6) is 0.678. The van der Waals surface area contributed by atoms with Gasteiger partial charge >= 0.3 is 0 Å². The molecule has 0 aromatic carbocycles. The van der Waals surface area contributed by atoms with E-state index in [4.69, 9.17) is 0 Å². The lowest BCUT2D eigenvalue weighted by Gasteiger charge is -1.98. The minimum absolute atomic E-state index is 0.567. The van der Waals surface area contributed by atoms with Gasteiger partial charge < -0.3 is 5.32 Å². The molecule has 0 spiro atoms. The van der Waals surface area contributed by atoms with E-state index in [0.29, 0.717) is 18.4 Å². The average molecular weight is 233 g/mol. The maximum atomic E-state index is 4.45. The van der Waals surface area contributed by atoms with Gasteiger partial charge in [-0.25, -0.2) is 0 Å². The number of aryl methyl sites for hydroxylation is 1. The van der Waals surface area contributed by atoms with E-state index in [-0.39, 0.29) is 0 Å². The number of hydrogen-bond donors (Lipinski definition) is 1. The normalized spacial score (nSPS) is 15.4. The Bertz CT molecular complexity index is 496. The zero-order valence-corrected chi connectivity index (χ0v) is 9.74. The van der Waals surface area contributed by atoms with Crippen LogP contribution >= 0.6 is 0 Å². The van der Waals surface area contributed by atoms with Crippen molar-refractivity contribution in [1.29, 1.82) is 0 Å². The highest BCUT2D eigenvalue weighted by molar-refractivity contribution is 5.00. The molecule has 3 rings (SSSR count). The molecule has 0 unspecified atom stereocenters. The molecular formula is C10H15N7. The fraction of sp³-hybridized carbons (Fsp3) is 0.600. The molecule has 0 amide bonds. The smallest absolute Gasteiger partial charge is 0.196 e. The van der Waals surface area contributed by atoms with Crippen molar-refractivity contribution >= 4 is 0 Å². The number of tetrazole rings is 1. The van der Waals surface area contributed by atoms with Crippen molar-refractivity contribution in [3.05, 3.63) is 23.8 Å². The molecule has 0 radical (unpaired) electrons. The highest BCUT2D eigenvalue weighted by atomic mass is 15.6. The van der Waals surface area contributed by atoms with Gasteiger partial charge in [0.05, 0.1) is 12.7 Å². The fourth-order valence-electron chi connectivity index (χ4n) is 1.65. The van der Waals surface area contributed by atoms with Crippen molar-refractivity contribution in [2.75, 3.05) is 0 Å². The second-order valence-corrected chi connectivity index (χ2v) is 4.35. The topological polar surface area (TPSA) is 73.5 Å². The van der Waals surface area contributed by atoms with Crippen molar-refractivity contribution < 1.29 is 0 Å². The van der Waals surface area contributed by atoms with Crippen LogP contribution in [0.15, 0.2) is 12.3 Å². The Labute approximate surface area is 98.8 Å². The summed E-state index contributed by atoms with van der Waals surface area (Å²) in [4.78, 5) is 1.45. The molecule has 1 aliphatic carbocycles. The Balaban J connectivity index is 1.59. The van der Waals surface area contributed by atoms with Crippen molar-refractivity contribution in [1.82, 2.24) is 35.3 Å². The lowest BCUT2D eigenvalue weighted by atomic mass is 10.4. The van der Waals surface area contributed by atoms with Crippen LogP contribution in [-0.2, 0) is 20.1 Å². The number of nitrogens with zero attached hydrogens (tertiary/aromatic N) is 6. The van der Waals surface area contributed by atoms with Crippen molar-refractivity contribution in [3.8, 4) is 0 Å². The zero-order chi connectivity index (χ0) is 11.7. The van der Waals surface area contributed by atoms with Gasteiger partial charge in [-0.1, -0.05) is 0 Å². The van der Waals surface area contributed by atoms with Gasteiger partial charge in [-0.05, 0) is 24.1 Å². The van der Waals surface area contributed by atoms with Gasteiger partial charge in [0, 0.05) is 18.8 Å². The van der Waals surface area contributed by atoms with Gasteiger partial charge in [0.1, 0.15) is 6.54 Å². The van der Waals surface area contributed by atoms with Gasteiger partial charge in [-0.15, -0.1) is 10.2 Å². The maximum Gasteiger partial charge on any atom is 0.196 e. The molecule has 2 aromatic heterocycles. The largest absolute Gasteiger partial charge is 0.308 e. The Morgan fingerprint density at radius 2 is 2.29 bits per heavy atom. The molecule has 90 valence electrons. The van der Waals surface area contributed by atoms with Crippen LogP contribution in [0.3, 0.4) is 0 Å². The van der Waals surface area contributed by atoms with Crippen LogP contribution in [0.5, 0.6) is 0 Å². The second kappa shape index (κ2) is 4.25. The van der Waals surface area contributed by atoms with Crippen LogP contribution in [0.2, 0.25) is 0 Å². The minimum atomic E-state index is 0.567. The van der Waals surface area contributed by atoms with Gasteiger partial charge in [0.2, 0.25) is 0 Å². The standard InChI is InChI=1S/C10H15N7/c1-16-14-10(12-15-16)7-17-5-4-9(13-17)6-11-8-2-3-8/h4-5,8,11H,2-3,6-7H2,1H3. The third kappa shape index (κ3) is 2.68. The van der Waals surface area contributed by atoms with E-state index in [1.807, 2.05) is 16.9 Å². The van der Waals surface area contributed by atoms with E-state index in [0.717, 1.165) is 12.2 Å². The lowest BCUT2D eigenvalue weighted by Crippen LogP contribution is -2.16. The maximum absolute atomic E-state index is 4.45. The molecular weight excluding hydrogens is 218 g/mol. The molecule has 1 aliphatic rings. The fourth-order valence-corrected chi connectivity index (χ4v) is 1.65. The van der Waals surface area contributed by atoms with Gasteiger partial charge in [-0.2, -0.15) is 9.90 Å². The van der Waals surface area contributed by atoms with Crippen LogP contribution in [0.1, 0.15) is 24.4 Å². The molecule has 2 aromatic rings. The zero-order valence-electron chi connectivity index (χ0n) is 9.74. The van der Waals surface area contributed by atoms with E-state index >= 15 is 0 Å². The average Bonchev–Trinajstić information content (AvgIpc) is 2.90. The van der Waals surface area contributed by atoms with Crippen LogP contribution in [0.25, 0.3) is 0 Å². The van der Waals surface area contributed by atoms with Gasteiger partial charge in [0.15, 0.2) is 5.82 Å². The quantitative estimate of drug-likeness (QED) is 0.768. The van der Waals surface area contributed by atoms with E-state index < -0.39 is 0 Å².